The van der Waals surface area contributed by atoms with Gasteiger partial charge in [0.05, 0.1) is 6.61 Å². The fourth-order valence-corrected chi connectivity index (χ4v) is 3.40. The van der Waals surface area contributed by atoms with Gasteiger partial charge >= 0.3 is 24.1 Å². The summed E-state index contributed by atoms with van der Waals surface area (Å²) in [4.78, 5) is 48.9. The molecule has 0 fully saturated rings. The van der Waals surface area contributed by atoms with Crippen LogP contribution in [0.1, 0.15) is 92.1 Å². The molecule has 226 valence electrons. The Morgan fingerprint density at radius 3 is 2.00 bits per heavy atom. The van der Waals surface area contributed by atoms with Gasteiger partial charge in [-0.25, -0.2) is 4.79 Å². The van der Waals surface area contributed by atoms with E-state index in [0.29, 0.717) is 30.2 Å². The number of benzene rings is 1. The first-order valence-electron chi connectivity index (χ1n) is 14.2. The van der Waals surface area contributed by atoms with Crippen molar-refractivity contribution < 1.29 is 42.9 Å². The lowest BCUT2D eigenvalue weighted by atomic mass is 10.1. The molecule has 0 heterocycles. The first-order chi connectivity index (χ1) is 18.9. The van der Waals surface area contributed by atoms with E-state index in [0.717, 1.165) is 19.3 Å². The smallest absolute Gasteiger partial charge is 0.458 e. The number of nitrogens with two attached hydrogens (primary N) is 1. The summed E-state index contributed by atoms with van der Waals surface area (Å²) in [6.07, 6.45) is 3.00. The lowest BCUT2D eigenvalue weighted by Gasteiger charge is -2.18. The molecule has 0 spiro atoms. The van der Waals surface area contributed by atoms with Crippen LogP contribution < -0.4 is 15.2 Å². The van der Waals surface area contributed by atoms with Gasteiger partial charge in [-0.2, -0.15) is 0 Å². The molecule has 0 saturated carbocycles. The SMILES string of the molecule is CCCCCOC(=O)OC[C@H](C)OC(=O)[C@@H](N)Cc1ccc(OC(=O)CCC(C)C)c(OC(=O)CCC(C)C)c1. The van der Waals surface area contributed by atoms with E-state index < -0.39 is 36.2 Å². The van der Waals surface area contributed by atoms with Gasteiger partial charge in [-0.1, -0.05) is 53.5 Å². The number of rotatable bonds is 18. The summed E-state index contributed by atoms with van der Waals surface area (Å²) in [6, 6.07) is 3.67. The van der Waals surface area contributed by atoms with E-state index >= 15 is 0 Å². The molecule has 1 rings (SSSR count). The molecule has 0 aliphatic rings. The maximum atomic E-state index is 12.5. The maximum absolute atomic E-state index is 12.5. The minimum atomic E-state index is -1.03. The van der Waals surface area contributed by atoms with Crippen LogP contribution in [0.4, 0.5) is 4.79 Å². The van der Waals surface area contributed by atoms with E-state index in [1.807, 2.05) is 34.6 Å². The second-order valence-electron chi connectivity index (χ2n) is 10.8. The lowest BCUT2D eigenvalue weighted by molar-refractivity contribution is -0.152. The van der Waals surface area contributed by atoms with Crippen LogP contribution >= 0.6 is 0 Å². The molecule has 0 bridgehead atoms. The molecule has 0 radical (unpaired) electrons. The Kier molecular flexibility index (Phi) is 16.6. The van der Waals surface area contributed by atoms with Crippen LogP contribution in [0.15, 0.2) is 18.2 Å². The summed E-state index contributed by atoms with van der Waals surface area (Å²) in [6.45, 7) is 11.8. The molecule has 10 nitrogen and oxygen atoms in total. The van der Waals surface area contributed by atoms with Crippen molar-refractivity contribution in [3.63, 3.8) is 0 Å². The minimum Gasteiger partial charge on any atom is -0.458 e. The molecule has 0 aliphatic heterocycles. The zero-order valence-electron chi connectivity index (χ0n) is 24.9. The van der Waals surface area contributed by atoms with Gasteiger partial charge < -0.3 is 29.4 Å². The maximum Gasteiger partial charge on any atom is 0.508 e. The number of carbonyl (C=O) groups excluding carboxylic acids is 4. The van der Waals surface area contributed by atoms with Crippen molar-refractivity contribution in [1.82, 2.24) is 0 Å². The average molecular weight is 566 g/mol. The molecule has 40 heavy (non-hydrogen) atoms. The van der Waals surface area contributed by atoms with Gasteiger partial charge in [0, 0.05) is 12.8 Å². The Bertz CT molecular complexity index is 945. The fraction of sp³-hybridized carbons (Fsp3) is 0.667. The molecule has 10 heteroatoms. The van der Waals surface area contributed by atoms with Crippen LogP contribution in [0.3, 0.4) is 0 Å². The third kappa shape index (κ3) is 15.5. The quantitative estimate of drug-likeness (QED) is 0.137. The normalized spacial score (nSPS) is 12.5. The van der Waals surface area contributed by atoms with Crippen molar-refractivity contribution in [3.05, 3.63) is 23.8 Å². The van der Waals surface area contributed by atoms with Crippen molar-refractivity contribution in [1.29, 1.82) is 0 Å². The molecule has 1 aromatic carbocycles. The Morgan fingerprint density at radius 2 is 1.43 bits per heavy atom. The molecular formula is C30H47NO9. The molecule has 1 aromatic rings. The second kappa shape index (κ2) is 19.0. The number of esters is 3. The molecule has 2 atom stereocenters. The predicted molar refractivity (Wildman–Crippen MR) is 150 cm³/mol. The Hall–Kier alpha value is -3.14. The fourth-order valence-electron chi connectivity index (χ4n) is 3.40. The van der Waals surface area contributed by atoms with Crippen LogP contribution in [-0.2, 0) is 35.0 Å². The van der Waals surface area contributed by atoms with Gasteiger partial charge in [0.2, 0.25) is 0 Å². The highest BCUT2D eigenvalue weighted by Crippen LogP contribution is 2.30. The molecule has 2 N–H and O–H groups in total. The summed E-state index contributed by atoms with van der Waals surface area (Å²) in [5, 5.41) is 0. The first kappa shape index (κ1) is 34.9. The van der Waals surface area contributed by atoms with Crippen LogP contribution in [-0.4, -0.2) is 49.4 Å². The first-order valence-corrected chi connectivity index (χ1v) is 14.2. The zero-order valence-corrected chi connectivity index (χ0v) is 24.9. The third-order valence-electron chi connectivity index (χ3n) is 5.79. The highest BCUT2D eigenvalue weighted by Gasteiger charge is 2.22. The van der Waals surface area contributed by atoms with Crippen LogP contribution in [0.25, 0.3) is 0 Å². The summed E-state index contributed by atoms with van der Waals surface area (Å²) in [7, 11) is 0. The van der Waals surface area contributed by atoms with Crippen LogP contribution in [0, 0.1) is 11.8 Å². The van der Waals surface area contributed by atoms with E-state index in [1.54, 1.807) is 13.0 Å². The summed E-state index contributed by atoms with van der Waals surface area (Å²) in [5.74, 6) is -0.701. The largest absolute Gasteiger partial charge is 0.508 e. The topological polar surface area (TPSA) is 140 Å². The molecular weight excluding hydrogens is 518 g/mol. The zero-order chi connectivity index (χ0) is 30.1. The van der Waals surface area contributed by atoms with Crippen LogP contribution in [0.5, 0.6) is 11.5 Å². The van der Waals surface area contributed by atoms with Crippen molar-refractivity contribution in [2.45, 2.75) is 105 Å². The number of hydrogen-bond acceptors (Lipinski definition) is 10. The number of ether oxygens (including phenoxy) is 5. The number of carbonyl (C=O) groups is 4. The van der Waals surface area contributed by atoms with Gasteiger partial charge in [-0.3, -0.25) is 14.4 Å². The highest BCUT2D eigenvalue weighted by molar-refractivity contribution is 5.77. The molecule has 0 aromatic heterocycles. The van der Waals surface area contributed by atoms with E-state index in [2.05, 4.69) is 0 Å². The van der Waals surface area contributed by atoms with Crippen molar-refractivity contribution >= 4 is 24.1 Å². The Balaban J connectivity index is 2.78. The standard InChI is InChI=1S/C30H47NO9/c1-7-8-9-16-36-30(35)37-19-22(6)38-29(34)24(31)17-23-12-13-25(39-27(32)14-10-20(2)3)26(18-23)40-28(33)15-11-21(4)5/h12-13,18,20-22,24H,7-11,14-17,19,31H2,1-6H3/t22-,24-/m0/s1. The molecule has 0 unspecified atom stereocenters. The monoisotopic (exact) mass is 565 g/mol. The molecule has 0 amide bonds. The van der Waals surface area contributed by atoms with E-state index in [9.17, 15) is 19.2 Å². The van der Waals surface area contributed by atoms with Crippen molar-refractivity contribution in [3.8, 4) is 11.5 Å². The Labute approximate surface area is 238 Å². The predicted octanol–water partition coefficient (Wildman–Crippen LogP) is 5.51. The Morgan fingerprint density at radius 1 is 0.825 bits per heavy atom. The van der Waals surface area contributed by atoms with Gasteiger partial charge in [0.1, 0.15) is 18.8 Å². The molecule has 0 saturated heterocycles. The molecule has 0 aliphatic carbocycles. The van der Waals surface area contributed by atoms with Crippen LogP contribution in [0.2, 0.25) is 0 Å². The van der Waals surface area contributed by atoms with Crippen molar-refractivity contribution in [2.75, 3.05) is 13.2 Å². The lowest BCUT2D eigenvalue weighted by Crippen LogP contribution is -2.37. The summed E-state index contributed by atoms with van der Waals surface area (Å²) in [5.41, 5.74) is 6.65. The third-order valence-corrected chi connectivity index (χ3v) is 5.79. The number of hydrogen-bond donors (Lipinski definition) is 1. The number of unbranched alkanes of at least 4 members (excludes halogenated alkanes) is 2. The summed E-state index contributed by atoms with van der Waals surface area (Å²) >= 11 is 0. The summed E-state index contributed by atoms with van der Waals surface area (Å²) < 4.78 is 26.2. The minimum absolute atomic E-state index is 0.0734. The van der Waals surface area contributed by atoms with E-state index in [1.165, 1.54) is 12.1 Å². The van der Waals surface area contributed by atoms with Gasteiger partial charge in [0.25, 0.3) is 0 Å². The average Bonchev–Trinajstić information content (AvgIpc) is 2.89. The van der Waals surface area contributed by atoms with Gasteiger partial charge in [0.15, 0.2) is 11.5 Å². The highest BCUT2D eigenvalue weighted by atomic mass is 16.7. The van der Waals surface area contributed by atoms with E-state index in [4.69, 9.17) is 29.4 Å². The van der Waals surface area contributed by atoms with Gasteiger partial charge in [-0.05, 0) is 62.1 Å². The van der Waals surface area contributed by atoms with E-state index in [-0.39, 0.29) is 44.0 Å². The second-order valence-corrected chi connectivity index (χ2v) is 10.8. The van der Waals surface area contributed by atoms with Crippen molar-refractivity contribution in [2.24, 2.45) is 17.6 Å². The van der Waals surface area contributed by atoms with Gasteiger partial charge in [-0.15, -0.1) is 0 Å².